The van der Waals surface area contributed by atoms with E-state index in [1.54, 1.807) is 13.8 Å². The number of rotatable bonds is 3. The molecule has 0 aromatic carbocycles. The number of carbonyl (C=O) groups is 1. The monoisotopic (exact) mass is 140 g/mol. The highest BCUT2D eigenvalue weighted by Crippen LogP contribution is 2.03. The summed E-state index contributed by atoms with van der Waals surface area (Å²) in [7, 11) is 0. The molecule has 0 spiro atoms. The summed E-state index contributed by atoms with van der Waals surface area (Å²) >= 11 is 0. The van der Waals surface area contributed by atoms with Gasteiger partial charge in [-0.05, 0) is 13.3 Å². The highest BCUT2D eigenvalue weighted by molar-refractivity contribution is 5.69. The van der Waals surface area contributed by atoms with Crippen LogP contribution >= 0.6 is 0 Å². The zero-order chi connectivity index (χ0) is 7.98. The van der Waals surface area contributed by atoms with Crippen molar-refractivity contribution in [3.63, 3.8) is 0 Å². The van der Waals surface area contributed by atoms with Crippen molar-refractivity contribution in [3.05, 3.63) is 0 Å². The maximum Gasteiger partial charge on any atom is 0.306 e. The molecule has 0 radical (unpaired) electrons. The SMILES string of the molecule is CC#CCCC(C)C(=O)O. The first-order valence-corrected chi connectivity index (χ1v) is 3.31. The van der Waals surface area contributed by atoms with E-state index in [9.17, 15) is 4.79 Å². The summed E-state index contributed by atoms with van der Waals surface area (Å²) < 4.78 is 0. The van der Waals surface area contributed by atoms with Crippen molar-refractivity contribution in [1.29, 1.82) is 0 Å². The van der Waals surface area contributed by atoms with Gasteiger partial charge in [0.05, 0.1) is 5.92 Å². The molecule has 0 heterocycles. The molecule has 2 nitrogen and oxygen atoms in total. The standard InChI is InChI=1S/C8H12O2/c1-3-4-5-6-7(2)8(9)10/h7H,5-6H2,1-2H3,(H,9,10). The molecule has 1 atom stereocenters. The number of aliphatic carboxylic acids is 1. The lowest BCUT2D eigenvalue weighted by Crippen LogP contribution is -2.08. The van der Waals surface area contributed by atoms with Crippen LogP contribution in [0.25, 0.3) is 0 Å². The maximum atomic E-state index is 10.2. The van der Waals surface area contributed by atoms with Gasteiger partial charge in [0, 0.05) is 6.42 Å². The molecule has 10 heavy (non-hydrogen) atoms. The van der Waals surface area contributed by atoms with Crippen LogP contribution in [0.3, 0.4) is 0 Å². The molecule has 0 aliphatic carbocycles. The second kappa shape index (κ2) is 4.87. The van der Waals surface area contributed by atoms with Gasteiger partial charge in [0.15, 0.2) is 0 Å². The predicted octanol–water partition coefficient (Wildman–Crippen LogP) is 1.51. The van der Waals surface area contributed by atoms with Crippen LogP contribution in [0.4, 0.5) is 0 Å². The van der Waals surface area contributed by atoms with E-state index in [4.69, 9.17) is 5.11 Å². The van der Waals surface area contributed by atoms with Gasteiger partial charge >= 0.3 is 5.97 Å². The first-order valence-electron chi connectivity index (χ1n) is 3.31. The van der Waals surface area contributed by atoms with Gasteiger partial charge in [-0.15, -0.1) is 11.8 Å². The fraction of sp³-hybridized carbons (Fsp3) is 0.625. The predicted molar refractivity (Wildman–Crippen MR) is 39.5 cm³/mol. The number of carboxylic acid groups (broad SMARTS) is 1. The van der Waals surface area contributed by atoms with Gasteiger partial charge in [-0.3, -0.25) is 4.79 Å². The van der Waals surface area contributed by atoms with Crippen molar-refractivity contribution in [2.75, 3.05) is 0 Å². The maximum absolute atomic E-state index is 10.2. The molecule has 0 amide bonds. The molecule has 0 bridgehead atoms. The lowest BCUT2D eigenvalue weighted by Gasteiger charge is -1.99. The molecule has 0 rings (SSSR count). The van der Waals surface area contributed by atoms with E-state index < -0.39 is 5.97 Å². The molecule has 2 heteroatoms. The summed E-state index contributed by atoms with van der Waals surface area (Å²) in [5.41, 5.74) is 0. The first-order chi connectivity index (χ1) is 4.68. The summed E-state index contributed by atoms with van der Waals surface area (Å²) in [6.45, 7) is 3.45. The molecule has 0 saturated carbocycles. The highest BCUT2D eigenvalue weighted by atomic mass is 16.4. The normalized spacial score (nSPS) is 11.4. The van der Waals surface area contributed by atoms with Crippen LogP contribution in [-0.4, -0.2) is 11.1 Å². The topological polar surface area (TPSA) is 37.3 Å². The lowest BCUT2D eigenvalue weighted by molar-refractivity contribution is -0.141. The lowest BCUT2D eigenvalue weighted by atomic mass is 10.1. The number of hydrogen-bond donors (Lipinski definition) is 1. The van der Waals surface area contributed by atoms with E-state index in [0.717, 1.165) is 0 Å². The van der Waals surface area contributed by atoms with E-state index in [1.807, 2.05) is 0 Å². The molecular formula is C8H12O2. The van der Waals surface area contributed by atoms with Gasteiger partial charge in [-0.1, -0.05) is 6.92 Å². The Kier molecular flexibility index (Phi) is 4.39. The van der Waals surface area contributed by atoms with E-state index in [2.05, 4.69) is 11.8 Å². The number of carboxylic acids is 1. The Hall–Kier alpha value is -0.970. The third-order valence-electron chi connectivity index (χ3n) is 1.30. The highest BCUT2D eigenvalue weighted by Gasteiger charge is 2.08. The van der Waals surface area contributed by atoms with Crippen LogP contribution < -0.4 is 0 Å². The summed E-state index contributed by atoms with van der Waals surface area (Å²) in [6.07, 6.45) is 1.33. The smallest absolute Gasteiger partial charge is 0.306 e. The van der Waals surface area contributed by atoms with Crippen molar-refractivity contribution < 1.29 is 9.90 Å². The first kappa shape index (κ1) is 9.03. The zero-order valence-corrected chi connectivity index (χ0v) is 6.35. The minimum absolute atomic E-state index is 0.263. The minimum atomic E-state index is -0.738. The molecule has 1 unspecified atom stereocenters. The molecule has 0 aromatic heterocycles. The van der Waals surface area contributed by atoms with Crippen LogP contribution in [-0.2, 0) is 4.79 Å². The third kappa shape index (κ3) is 3.96. The van der Waals surface area contributed by atoms with Crippen molar-refractivity contribution in [3.8, 4) is 11.8 Å². The van der Waals surface area contributed by atoms with Crippen molar-refractivity contribution in [1.82, 2.24) is 0 Å². The second-order valence-electron chi connectivity index (χ2n) is 2.20. The summed E-state index contributed by atoms with van der Waals surface area (Å²) in [5, 5.41) is 8.43. The Morgan fingerprint density at radius 1 is 1.70 bits per heavy atom. The largest absolute Gasteiger partial charge is 0.481 e. The molecular weight excluding hydrogens is 128 g/mol. The van der Waals surface area contributed by atoms with E-state index in [0.29, 0.717) is 12.8 Å². The van der Waals surface area contributed by atoms with Gasteiger partial charge in [0.25, 0.3) is 0 Å². The molecule has 1 N–H and O–H groups in total. The fourth-order valence-corrected chi connectivity index (χ4v) is 0.537. The van der Waals surface area contributed by atoms with Crippen molar-refractivity contribution >= 4 is 5.97 Å². The second-order valence-corrected chi connectivity index (χ2v) is 2.20. The zero-order valence-electron chi connectivity index (χ0n) is 6.35. The van der Waals surface area contributed by atoms with Crippen LogP contribution in [0.15, 0.2) is 0 Å². The Morgan fingerprint density at radius 2 is 2.30 bits per heavy atom. The Balaban J connectivity index is 3.46. The van der Waals surface area contributed by atoms with Gasteiger partial charge in [0.1, 0.15) is 0 Å². The fourth-order valence-electron chi connectivity index (χ4n) is 0.537. The van der Waals surface area contributed by atoms with Gasteiger partial charge in [-0.2, -0.15) is 0 Å². The van der Waals surface area contributed by atoms with E-state index in [1.165, 1.54) is 0 Å². The molecule has 0 fully saturated rings. The van der Waals surface area contributed by atoms with Crippen molar-refractivity contribution in [2.24, 2.45) is 5.92 Å². The summed E-state index contributed by atoms with van der Waals surface area (Å²) in [4.78, 5) is 10.2. The van der Waals surface area contributed by atoms with Crippen LogP contribution in [0.2, 0.25) is 0 Å². The molecule has 56 valence electrons. The molecule has 0 aliphatic heterocycles. The van der Waals surface area contributed by atoms with E-state index >= 15 is 0 Å². The Labute approximate surface area is 61.2 Å². The minimum Gasteiger partial charge on any atom is -0.481 e. The Morgan fingerprint density at radius 3 is 2.70 bits per heavy atom. The van der Waals surface area contributed by atoms with Crippen LogP contribution in [0.5, 0.6) is 0 Å². The van der Waals surface area contributed by atoms with E-state index in [-0.39, 0.29) is 5.92 Å². The van der Waals surface area contributed by atoms with Gasteiger partial charge in [0.2, 0.25) is 0 Å². The molecule has 0 aliphatic rings. The molecule has 0 aromatic rings. The van der Waals surface area contributed by atoms with Gasteiger partial charge in [-0.25, -0.2) is 0 Å². The average Bonchev–Trinajstić information content (AvgIpc) is 1.88. The average molecular weight is 140 g/mol. The summed E-state index contributed by atoms with van der Waals surface area (Å²) in [5.74, 6) is 4.54. The van der Waals surface area contributed by atoms with Crippen LogP contribution in [0, 0.1) is 17.8 Å². The van der Waals surface area contributed by atoms with Crippen LogP contribution in [0.1, 0.15) is 26.7 Å². The summed E-state index contributed by atoms with van der Waals surface area (Å²) in [6, 6.07) is 0. The van der Waals surface area contributed by atoms with Crippen molar-refractivity contribution in [2.45, 2.75) is 26.7 Å². The third-order valence-corrected chi connectivity index (χ3v) is 1.30. The van der Waals surface area contributed by atoms with Gasteiger partial charge < -0.3 is 5.11 Å². The number of hydrogen-bond acceptors (Lipinski definition) is 1. The molecule has 0 saturated heterocycles. The Bertz CT molecular complexity index is 162. The quantitative estimate of drug-likeness (QED) is 0.603.